The first-order valence-electron chi connectivity index (χ1n) is 7.56. The summed E-state index contributed by atoms with van der Waals surface area (Å²) in [5, 5.41) is 8.84. The van der Waals surface area contributed by atoms with Gasteiger partial charge in [-0.15, -0.1) is 0 Å². The second-order valence-corrected chi connectivity index (χ2v) is 4.92. The van der Waals surface area contributed by atoms with E-state index in [2.05, 4.69) is 0 Å². The number of amides is 1. The van der Waals surface area contributed by atoms with Gasteiger partial charge in [0.2, 0.25) is 5.91 Å². The van der Waals surface area contributed by atoms with Gasteiger partial charge in [0.1, 0.15) is 0 Å². The summed E-state index contributed by atoms with van der Waals surface area (Å²) in [6.45, 7) is 5.11. The van der Waals surface area contributed by atoms with E-state index in [-0.39, 0.29) is 12.5 Å². The first kappa shape index (κ1) is 18.1. The topological polar surface area (TPSA) is 85.0 Å². The zero-order valence-corrected chi connectivity index (χ0v) is 13.6. The monoisotopic (exact) mass is 310 g/mol. The summed E-state index contributed by atoms with van der Waals surface area (Å²) in [4.78, 5) is 13.4. The fourth-order valence-electron chi connectivity index (χ4n) is 2.11. The van der Waals surface area contributed by atoms with Crippen LogP contribution in [-0.4, -0.2) is 49.3 Å². The Balaban J connectivity index is 2.81. The zero-order chi connectivity index (χ0) is 16.5. The molecule has 0 aromatic heterocycles. The Morgan fingerprint density at radius 1 is 1.27 bits per heavy atom. The van der Waals surface area contributed by atoms with Gasteiger partial charge < -0.3 is 25.2 Å². The van der Waals surface area contributed by atoms with E-state index >= 15 is 0 Å². The number of anilines is 1. The van der Waals surface area contributed by atoms with Crippen LogP contribution in [0.3, 0.4) is 0 Å². The minimum absolute atomic E-state index is 0.0144. The number of benzene rings is 1. The van der Waals surface area contributed by atoms with E-state index in [1.165, 1.54) is 4.90 Å². The maximum absolute atomic E-state index is 11.9. The highest BCUT2D eigenvalue weighted by Crippen LogP contribution is 2.35. The Hall–Kier alpha value is -1.95. The summed E-state index contributed by atoms with van der Waals surface area (Å²) in [5.74, 6) is 1.15. The van der Waals surface area contributed by atoms with Crippen molar-refractivity contribution in [3.8, 4) is 11.5 Å². The quantitative estimate of drug-likeness (QED) is 0.674. The van der Waals surface area contributed by atoms with Gasteiger partial charge in [-0.05, 0) is 38.0 Å². The number of aryl methyl sites for hydroxylation is 1. The van der Waals surface area contributed by atoms with Crippen LogP contribution in [0.5, 0.6) is 11.5 Å². The molecule has 0 aliphatic rings. The number of ether oxygens (including phenoxy) is 2. The van der Waals surface area contributed by atoms with E-state index in [9.17, 15) is 4.79 Å². The maximum atomic E-state index is 11.9. The molecule has 124 valence electrons. The lowest BCUT2D eigenvalue weighted by Gasteiger charge is -2.17. The fraction of sp³-hybridized carbons (Fsp3) is 0.562. The Labute approximate surface area is 131 Å². The van der Waals surface area contributed by atoms with Gasteiger partial charge in [0.05, 0.1) is 25.5 Å². The van der Waals surface area contributed by atoms with Gasteiger partial charge in [-0.1, -0.05) is 0 Å². The Kier molecular flexibility index (Phi) is 7.52. The molecule has 1 amide bonds. The third-order valence-corrected chi connectivity index (χ3v) is 3.22. The second kappa shape index (κ2) is 9.15. The zero-order valence-electron chi connectivity index (χ0n) is 13.6. The van der Waals surface area contributed by atoms with Crippen molar-refractivity contribution in [3.63, 3.8) is 0 Å². The van der Waals surface area contributed by atoms with Crippen LogP contribution in [0.1, 0.15) is 25.8 Å². The van der Waals surface area contributed by atoms with Gasteiger partial charge in [0.25, 0.3) is 0 Å². The molecule has 0 fully saturated rings. The molecule has 1 aromatic carbocycles. The number of nitrogen functional groups attached to an aromatic ring is 1. The molecule has 0 unspecified atom stereocenters. The van der Waals surface area contributed by atoms with E-state index in [1.54, 1.807) is 7.05 Å². The molecule has 0 heterocycles. The van der Waals surface area contributed by atoms with E-state index in [1.807, 2.05) is 26.0 Å². The summed E-state index contributed by atoms with van der Waals surface area (Å²) in [7, 11) is 1.68. The predicted molar refractivity (Wildman–Crippen MR) is 86.2 cm³/mol. The van der Waals surface area contributed by atoms with Gasteiger partial charge in [-0.3, -0.25) is 4.79 Å². The smallest absolute Gasteiger partial charge is 0.222 e. The van der Waals surface area contributed by atoms with Crippen molar-refractivity contribution in [1.29, 1.82) is 0 Å². The van der Waals surface area contributed by atoms with E-state index in [4.69, 9.17) is 20.3 Å². The lowest BCUT2D eigenvalue weighted by molar-refractivity contribution is -0.130. The lowest BCUT2D eigenvalue weighted by Crippen LogP contribution is -2.29. The highest BCUT2D eigenvalue weighted by molar-refractivity contribution is 5.76. The van der Waals surface area contributed by atoms with Crippen molar-refractivity contribution in [1.82, 2.24) is 4.90 Å². The van der Waals surface area contributed by atoms with Crippen molar-refractivity contribution in [2.24, 2.45) is 0 Å². The summed E-state index contributed by atoms with van der Waals surface area (Å²) >= 11 is 0. The molecule has 0 bridgehead atoms. The number of carbonyl (C=O) groups excluding carboxylic acids is 1. The van der Waals surface area contributed by atoms with Crippen molar-refractivity contribution >= 4 is 11.6 Å². The molecule has 6 nitrogen and oxygen atoms in total. The summed E-state index contributed by atoms with van der Waals surface area (Å²) in [6.07, 6.45) is 0.917. The molecular weight excluding hydrogens is 284 g/mol. The average Bonchev–Trinajstić information content (AvgIpc) is 2.48. The molecule has 1 aromatic rings. The molecule has 0 radical (unpaired) electrons. The summed E-state index contributed by atoms with van der Waals surface area (Å²) in [6, 6.07) is 3.68. The lowest BCUT2D eigenvalue weighted by atomic mass is 10.1. The van der Waals surface area contributed by atoms with Crippen molar-refractivity contribution < 1.29 is 19.4 Å². The van der Waals surface area contributed by atoms with Crippen molar-refractivity contribution in [2.45, 2.75) is 26.7 Å². The summed E-state index contributed by atoms with van der Waals surface area (Å²) in [5.41, 5.74) is 7.46. The SMILES string of the molecule is CCOc1cc(CCC(=O)N(C)CCO)cc(N)c1OCC. The number of nitrogens with zero attached hydrogens (tertiary/aromatic N) is 1. The molecule has 0 saturated heterocycles. The van der Waals surface area contributed by atoms with Crippen LogP contribution in [0.2, 0.25) is 0 Å². The first-order valence-corrected chi connectivity index (χ1v) is 7.56. The number of carbonyl (C=O) groups is 1. The van der Waals surface area contributed by atoms with E-state index in [0.717, 1.165) is 5.56 Å². The number of aliphatic hydroxyl groups is 1. The molecule has 22 heavy (non-hydrogen) atoms. The fourth-order valence-corrected chi connectivity index (χ4v) is 2.11. The third kappa shape index (κ3) is 5.11. The average molecular weight is 310 g/mol. The predicted octanol–water partition coefficient (Wildman–Crippen LogP) is 1.45. The molecule has 3 N–H and O–H groups in total. The minimum Gasteiger partial charge on any atom is -0.490 e. The molecule has 6 heteroatoms. The van der Waals surface area contributed by atoms with Crippen molar-refractivity contribution in [2.75, 3.05) is 39.1 Å². The van der Waals surface area contributed by atoms with Crippen LogP contribution in [0.15, 0.2) is 12.1 Å². The van der Waals surface area contributed by atoms with E-state index in [0.29, 0.717) is 49.8 Å². The Morgan fingerprint density at radius 2 is 1.95 bits per heavy atom. The molecule has 0 atom stereocenters. The van der Waals surface area contributed by atoms with Crippen LogP contribution in [0, 0.1) is 0 Å². The van der Waals surface area contributed by atoms with Gasteiger partial charge in [-0.2, -0.15) is 0 Å². The number of nitrogens with two attached hydrogens (primary N) is 1. The standard InChI is InChI=1S/C16H26N2O4/c1-4-21-14-11-12(10-13(17)16(14)22-5-2)6-7-15(20)18(3)8-9-19/h10-11,19H,4-9,17H2,1-3H3. The van der Waals surface area contributed by atoms with Crippen LogP contribution >= 0.6 is 0 Å². The second-order valence-electron chi connectivity index (χ2n) is 4.92. The van der Waals surface area contributed by atoms with Crippen LogP contribution in [0.25, 0.3) is 0 Å². The number of aliphatic hydroxyl groups excluding tert-OH is 1. The van der Waals surface area contributed by atoms with Crippen molar-refractivity contribution in [3.05, 3.63) is 17.7 Å². The molecular formula is C16H26N2O4. The maximum Gasteiger partial charge on any atom is 0.222 e. The summed E-state index contributed by atoms with van der Waals surface area (Å²) < 4.78 is 11.1. The number of likely N-dealkylation sites (N-methyl/N-ethyl adjacent to an activating group) is 1. The molecule has 0 aliphatic carbocycles. The number of hydrogen-bond acceptors (Lipinski definition) is 5. The Bertz CT molecular complexity index is 491. The van der Waals surface area contributed by atoms with Gasteiger partial charge in [-0.25, -0.2) is 0 Å². The van der Waals surface area contributed by atoms with E-state index < -0.39 is 0 Å². The number of rotatable bonds is 9. The highest BCUT2D eigenvalue weighted by Gasteiger charge is 2.13. The first-order chi connectivity index (χ1) is 10.5. The normalized spacial score (nSPS) is 10.4. The van der Waals surface area contributed by atoms with Gasteiger partial charge in [0.15, 0.2) is 11.5 Å². The number of hydrogen-bond donors (Lipinski definition) is 2. The third-order valence-electron chi connectivity index (χ3n) is 3.22. The van der Waals surface area contributed by atoms with Crippen LogP contribution in [-0.2, 0) is 11.2 Å². The largest absolute Gasteiger partial charge is 0.490 e. The van der Waals surface area contributed by atoms with Gasteiger partial charge >= 0.3 is 0 Å². The molecule has 1 rings (SSSR count). The van der Waals surface area contributed by atoms with Gasteiger partial charge in [0, 0.05) is 20.0 Å². The molecule has 0 saturated carbocycles. The minimum atomic E-state index is -0.0350. The highest BCUT2D eigenvalue weighted by atomic mass is 16.5. The Morgan fingerprint density at radius 3 is 2.55 bits per heavy atom. The molecule has 0 spiro atoms. The van der Waals surface area contributed by atoms with Crippen LogP contribution in [0.4, 0.5) is 5.69 Å². The van der Waals surface area contributed by atoms with Crippen LogP contribution < -0.4 is 15.2 Å². The molecule has 0 aliphatic heterocycles.